The second-order valence-electron chi connectivity index (χ2n) is 9.06. The quantitative estimate of drug-likeness (QED) is 0.503. The lowest BCUT2D eigenvalue weighted by atomic mass is 9.94. The zero-order valence-electron chi connectivity index (χ0n) is 19.6. The molecule has 3 aromatic rings. The second kappa shape index (κ2) is 9.51. The molecule has 2 aromatic heterocycles. The highest BCUT2D eigenvalue weighted by Gasteiger charge is 2.28. The second-order valence-corrected chi connectivity index (χ2v) is 9.06. The Morgan fingerprint density at radius 1 is 1.29 bits per heavy atom. The summed E-state index contributed by atoms with van der Waals surface area (Å²) in [5, 5.41) is 25.1. The van der Waals surface area contributed by atoms with Gasteiger partial charge in [-0.05, 0) is 65.9 Å². The Balaban J connectivity index is 1.14. The summed E-state index contributed by atoms with van der Waals surface area (Å²) in [6.45, 7) is 6.09. The normalized spacial score (nSPS) is 17.2. The molecule has 2 aliphatic heterocycles. The smallest absolute Gasteiger partial charge is 0.338 e. The molecule has 11 nitrogen and oxygen atoms in total. The Hall–Kier alpha value is -3.70. The van der Waals surface area contributed by atoms with E-state index in [4.69, 9.17) is 4.74 Å². The number of aromatic nitrogens is 5. The summed E-state index contributed by atoms with van der Waals surface area (Å²) in [6, 6.07) is 5.33. The summed E-state index contributed by atoms with van der Waals surface area (Å²) in [4.78, 5) is 31.0. The summed E-state index contributed by atoms with van der Waals surface area (Å²) in [7, 11) is 0. The number of rotatable bonds is 6. The number of fused-ring (bicyclic) bond motifs is 1. The van der Waals surface area contributed by atoms with E-state index in [1.54, 1.807) is 18.3 Å². The minimum Gasteiger partial charge on any atom is -0.457 e. The summed E-state index contributed by atoms with van der Waals surface area (Å²) >= 11 is 0. The van der Waals surface area contributed by atoms with Gasteiger partial charge in [-0.1, -0.05) is 6.07 Å². The molecule has 4 heterocycles. The molecule has 0 radical (unpaired) electrons. The average Bonchev–Trinajstić information content (AvgIpc) is 3.51. The number of benzene rings is 1. The third-order valence-electron chi connectivity index (χ3n) is 6.83. The molecule has 1 saturated heterocycles. The first-order valence-corrected chi connectivity index (χ1v) is 11.6. The van der Waals surface area contributed by atoms with Crippen LogP contribution in [0.5, 0.6) is 0 Å². The number of amides is 1. The van der Waals surface area contributed by atoms with Gasteiger partial charge in [0.1, 0.15) is 18.6 Å². The number of likely N-dealkylation sites (tertiary alicyclic amines) is 1. The molecular weight excluding hydrogens is 450 g/mol. The van der Waals surface area contributed by atoms with Crippen LogP contribution in [0.3, 0.4) is 0 Å². The Morgan fingerprint density at radius 3 is 2.80 bits per heavy atom. The van der Waals surface area contributed by atoms with Crippen LogP contribution < -0.4 is 5.32 Å². The number of cyclic esters (lactones) is 1. The van der Waals surface area contributed by atoms with E-state index in [0.29, 0.717) is 17.8 Å². The molecule has 0 bridgehead atoms. The Morgan fingerprint density at radius 2 is 2.09 bits per heavy atom. The Kier molecular flexibility index (Phi) is 6.27. The van der Waals surface area contributed by atoms with Crippen molar-refractivity contribution in [1.82, 2.24) is 35.4 Å². The minimum absolute atomic E-state index is 0.0436. The number of carbonyl (C=O) groups excluding carboxylic acids is 2. The number of aryl methyl sites for hydroxylation is 1. The largest absolute Gasteiger partial charge is 0.457 e. The maximum atomic E-state index is 12.8. The molecule has 2 aliphatic rings. The first kappa shape index (κ1) is 23.1. The van der Waals surface area contributed by atoms with Crippen LogP contribution in [-0.4, -0.2) is 72.8 Å². The highest BCUT2D eigenvalue weighted by atomic mass is 16.5. The predicted octanol–water partition coefficient (Wildman–Crippen LogP) is 1.27. The minimum atomic E-state index is -0.659. The fraction of sp³-hybridized carbons (Fsp3) is 0.417. The number of hydrogen-bond donors (Lipinski definition) is 2. The molecule has 182 valence electrons. The van der Waals surface area contributed by atoms with E-state index in [1.165, 1.54) is 11.0 Å². The van der Waals surface area contributed by atoms with Crippen molar-refractivity contribution >= 4 is 11.9 Å². The van der Waals surface area contributed by atoms with E-state index in [2.05, 4.69) is 30.7 Å². The van der Waals surface area contributed by atoms with Crippen molar-refractivity contribution in [2.24, 2.45) is 0 Å². The van der Waals surface area contributed by atoms with Gasteiger partial charge in [-0.2, -0.15) is 4.68 Å². The molecule has 1 aromatic carbocycles. The highest BCUT2D eigenvalue weighted by molar-refractivity contribution is 5.94. The van der Waals surface area contributed by atoms with Crippen LogP contribution in [0.25, 0.3) is 5.69 Å². The number of nitrogens with one attached hydrogen (secondary N) is 1. The van der Waals surface area contributed by atoms with Crippen LogP contribution in [0.4, 0.5) is 0 Å². The first-order chi connectivity index (χ1) is 16.9. The molecule has 0 saturated carbocycles. The molecule has 11 heteroatoms. The number of aliphatic hydroxyl groups is 1. The van der Waals surface area contributed by atoms with Gasteiger partial charge in [0.15, 0.2) is 0 Å². The van der Waals surface area contributed by atoms with Crippen molar-refractivity contribution in [2.75, 3.05) is 19.6 Å². The van der Waals surface area contributed by atoms with Gasteiger partial charge in [-0.15, -0.1) is 5.10 Å². The van der Waals surface area contributed by atoms with Crippen molar-refractivity contribution in [3.8, 4) is 5.69 Å². The van der Waals surface area contributed by atoms with Crippen LogP contribution >= 0.6 is 0 Å². The van der Waals surface area contributed by atoms with Gasteiger partial charge >= 0.3 is 5.97 Å². The van der Waals surface area contributed by atoms with E-state index in [0.717, 1.165) is 53.9 Å². The average molecular weight is 478 g/mol. The fourth-order valence-electron chi connectivity index (χ4n) is 4.78. The molecule has 2 N–H and O–H groups in total. The molecule has 5 rings (SSSR count). The number of pyridine rings is 1. The number of carbonyl (C=O) groups is 2. The number of β-amino-alcohol motifs (C(OH)–C–C–N with tert-alkyl or cyclic N) is 1. The molecule has 0 unspecified atom stereocenters. The maximum absolute atomic E-state index is 12.8. The topological polar surface area (TPSA) is 135 Å². The summed E-state index contributed by atoms with van der Waals surface area (Å²) in [5.74, 6) is -0.512. The van der Waals surface area contributed by atoms with Crippen LogP contribution in [-0.2, 0) is 11.3 Å². The van der Waals surface area contributed by atoms with E-state index >= 15 is 0 Å². The van der Waals surface area contributed by atoms with Gasteiger partial charge in [0.05, 0.1) is 23.6 Å². The molecule has 35 heavy (non-hydrogen) atoms. The van der Waals surface area contributed by atoms with Gasteiger partial charge in [0.2, 0.25) is 0 Å². The molecule has 0 spiro atoms. The molecule has 1 amide bonds. The zero-order valence-corrected chi connectivity index (χ0v) is 19.6. The van der Waals surface area contributed by atoms with Gasteiger partial charge in [-0.25, -0.2) is 9.78 Å². The summed E-state index contributed by atoms with van der Waals surface area (Å²) in [5.41, 5.74) is 5.11. The van der Waals surface area contributed by atoms with Crippen molar-refractivity contribution in [1.29, 1.82) is 0 Å². The number of nitrogens with zero attached hydrogens (tertiary/aromatic N) is 6. The number of hydrogen-bond acceptors (Lipinski definition) is 9. The summed E-state index contributed by atoms with van der Waals surface area (Å²) < 4.78 is 6.62. The lowest BCUT2D eigenvalue weighted by Crippen LogP contribution is -2.45. The first-order valence-electron chi connectivity index (χ1n) is 11.6. The lowest BCUT2D eigenvalue weighted by molar-refractivity contribution is 0.0534. The number of aliphatic hydroxyl groups excluding tert-OH is 1. The fourth-order valence-corrected chi connectivity index (χ4v) is 4.78. The number of ether oxygens (including phenoxy) is 1. The van der Waals surface area contributed by atoms with E-state index in [9.17, 15) is 14.7 Å². The molecule has 1 fully saturated rings. The number of esters is 1. The van der Waals surface area contributed by atoms with E-state index < -0.39 is 6.10 Å². The van der Waals surface area contributed by atoms with Crippen molar-refractivity contribution < 1.29 is 19.4 Å². The zero-order chi connectivity index (χ0) is 24.5. The molecule has 0 aliphatic carbocycles. The van der Waals surface area contributed by atoms with Crippen LogP contribution in [0.15, 0.2) is 30.7 Å². The van der Waals surface area contributed by atoms with E-state index in [-0.39, 0.29) is 24.5 Å². The van der Waals surface area contributed by atoms with E-state index in [1.807, 2.05) is 19.9 Å². The van der Waals surface area contributed by atoms with Gasteiger partial charge in [-0.3, -0.25) is 4.79 Å². The monoisotopic (exact) mass is 477 g/mol. The summed E-state index contributed by atoms with van der Waals surface area (Å²) in [6.07, 6.45) is 3.98. The van der Waals surface area contributed by atoms with Crippen molar-refractivity contribution in [3.63, 3.8) is 0 Å². The number of tetrazole rings is 1. The third kappa shape index (κ3) is 4.64. The Labute approximate surface area is 202 Å². The molecule has 1 atom stereocenters. The van der Waals surface area contributed by atoms with Crippen LogP contribution in [0.1, 0.15) is 62.0 Å². The van der Waals surface area contributed by atoms with Gasteiger partial charge in [0, 0.05) is 31.2 Å². The van der Waals surface area contributed by atoms with Crippen molar-refractivity contribution in [2.45, 2.75) is 45.4 Å². The van der Waals surface area contributed by atoms with Crippen molar-refractivity contribution in [3.05, 3.63) is 64.2 Å². The van der Waals surface area contributed by atoms with Gasteiger partial charge < -0.3 is 20.1 Å². The van der Waals surface area contributed by atoms with Gasteiger partial charge in [0.25, 0.3) is 5.91 Å². The predicted molar refractivity (Wildman–Crippen MR) is 124 cm³/mol. The number of piperidine rings is 1. The maximum Gasteiger partial charge on any atom is 0.338 e. The third-order valence-corrected chi connectivity index (χ3v) is 6.83. The van der Waals surface area contributed by atoms with Crippen LogP contribution in [0.2, 0.25) is 0 Å². The SMILES string of the molecule is Cc1cc(C(=O)NC2CCN(C[C@H](O)c3ccc4c(c3C)COC4=O)CC2)ncc1-n1cnnn1. The highest BCUT2D eigenvalue weighted by Crippen LogP contribution is 2.29. The standard InChI is InChI=1S/C24H27N7O4/c1-14-9-20(25-10-21(14)31-13-26-28-29-31)23(33)27-16-5-7-30(8-6-16)11-22(32)17-3-4-18-19(15(17)2)12-35-24(18)34/h3-4,9-10,13,16,22,32H,5-8,11-12H2,1-2H3,(H,27,33)/t22-/m0/s1. The molecular formula is C24H27N7O4. The lowest BCUT2D eigenvalue weighted by Gasteiger charge is -2.33. The Bertz CT molecular complexity index is 1250. The van der Waals surface area contributed by atoms with Crippen LogP contribution in [0, 0.1) is 13.8 Å².